The smallest absolute Gasteiger partial charge is 0.256 e. The molecule has 2 aromatic heterocycles. The quantitative estimate of drug-likeness (QED) is 0.323. The van der Waals surface area contributed by atoms with E-state index in [1.807, 2.05) is 50.3 Å². The van der Waals surface area contributed by atoms with Gasteiger partial charge in [0, 0.05) is 29.7 Å². The van der Waals surface area contributed by atoms with Gasteiger partial charge < -0.3 is 9.88 Å². The zero-order chi connectivity index (χ0) is 25.5. The van der Waals surface area contributed by atoms with Crippen molar-refractivity contribution in [2.24, 2.45) is 5.92 Å². The normalized spacial score (nSPS) is 12.1. The number of nitrogens with zero attached hydrogens (tertiary/aromatic N) is 2. The number of hydrogen-bond acceptors (Lipinski definition) is 4. The minimum atomic E-state index is -0.428. The van der Waals surface area contributed by atoms with Crippen LogP contribution in [0.1, 0.15) is 50.0 Å². The number of nitrogens with two attached hydrogens (primary N) is 1. The Hall–Kier alpha value is -3.81. The Morgan fingerprint density at radius 3 is 2.66 bits per heavy atom. The lowest BCUT2D eigenvalue weighted by atomic mass is 10.0. The first-order valence-corrected chi connectivity index (χ1v) is 11.7. The minimum Gasteiger partial charge on any atom is -0.350 e. The number of carbonyl (C=O) groups excluding carboxylic acids is 1. The van der Waals surface area contributed by atoms with Crippen LogP contribution in [0.3, 0.4) is 0 Å². The zero-order valence-corrected chi connectivity index (χ0v) is 20.7. The number of allylic oxidation sites excluding steroid dienone is 4. The highest BCUT2D eigenvalue weighted by Gasteiger charge is 2.17. The van der Waals surface area contributed by atoms with Crippen molar-refractivity contribution in [1.29, 1.82) is 0 Å². The van der Waals surface area contributed by atoms with E-state index in [-0.39, 0.29) is 17.0 Å². The Labute approximate surface area is 205 Å². The minimum absolute atomic E-state index is 0.0499. The van der Waals surface area contributed by atoms with Crippen molar-refractivity contribution in [3.63, 3.8) is 0 Å². The topological polar surface area (TPSA) is 101 Å². The third-order valence-electron chi connectivity index (χ3n) is 5.31. The van der Waals surface area contributed by atoms with Crippen molar-refractivity contribution in [3.8, 4) is 5.69 Å². The van der Waals surface area contributed by atoms with Crippen molar-refractivity contribution in [2.75, 3.05) is 0 Å². The zero-order valence-electron chi connectivity index (χ0n) is 20.7. The Morgan fingerprint density at radius 1 is 1.20 bits per heavy atom. The number of carbonyl (C=O) groups is 1. The first-order chi connectivity index (χ1) is 16.7. The maximum Gasteiger partial charge on any atom is 0.256 e. The van der Waals surface area contributed by atoms with Gasteiger partial charge in [0.15, 0.2) is 0 Å². The number of rotatable bonds is 9. The van der Waals surface area contributed by atoms with Crippen LogP contribution < -0.4 is 16.2 Å². The highest BCUT2D eigenvalue weighted by molar-refractivity contribution is 5.97. The van der Waals surface area contributed by atoms with Gasteiger partial charge in [-0.05, 0) is 62.1 Å². The highest BCUT2D eigenvalue weighted by atomic mass is 16.5. The largest absolute Gasteiger partial charge is 0.350 e. The lowest BCUT2D eigenvalue weighted by Crippen LogP contribution is -2.73. The Morgan fingerprint density at radius 2 is 1.97 bits per heavy atom. The van der Waals surface area contributed by atoms with Gasteiger partial charge >= 0.3 is 0 Å². The monoisotopic (exact) mass is 473 g/mol. The van der Waals surface area contributed by atoms with Gasteiger partial charge in [0.1, 0.15) is 17.4 Å². The maximum absolute atomic E-state index is 13.0. The summed E-state index contributed by atoms with van der Waals surface area (Å²) in [6.07, 6.45) is 9.51. The number of hydroxylamine groups is 1. The van der Waals surface area contributed by atoms with E-state index in [2.05, 4.69) is 30.7 Å². The molecule has 3 rings (SSSR count). The van der Waals surface area contributed by atoms with Crippen LogP contribution >= 0.6 is 0 Å². The molecule has 2 heterocycles. The van der Waals surface area contributed by atoms with E-state index in [1.165, 1.54) is 6.20 Å². The average Bonchev–Trinajstić information content (AvgIpc) is 2.81. The Kier molecular flexibility index (Phi) is 8.52. The molecule has 7 heteroatoms. The van der Waals surface area contributed by atoms with Crippen LogP contribution in [0.15, 0.2) is 84.1 Å². The molecule has 35 heavy (non-hydrogen) atoms. The Bertz CT molecular complexity index is 1350. The van der Waals surface area contributed by atoms with E-state index < -0.39 is 5.91 Å². The number of quaternary nitrogens is 1. The number of pyridine rings is 2. The summed E-state index contributed by atoms with van der Waals surface area (Å²) in [5.74, 6) is 0.0679. The fourth-order valence-corrected chi connectivity index (χ4v) is 3.82. The van der Waals surface area contributed by atoms with Crippen molar-refractivity contribution >= 4 is 22.5 Å². The van der Waals surface area contributed by atoms with Gasteiger partial charge in [-0.3, -0.25) is 9.59 Å². The van der Waals surface area contributed by atoms with Crippen LogP contribution in [-0.4, -0.2) is 26.7 Å². The fraction of sp³-hybridized carbons (Fsp3) is 0.250. The molecule has 1 amide bonds. The Balaban J connectivity index is 2.12. The molecule has 0 radical (unpaired) electrons. The molecule has 0 aliphatic heterocycles. The van der Waals surface area contributed by atoms with E-state index in [4.69, 9.17) is 0 Å². The lowest BCUT2D eigenvalue weighted by molar-refractivity contribution is -0.837. The van der Waals surface area contributed by atoms with E-state index in [9.17, 15) is 14.8 Å². The molecule has 4 N–H and O–H groups in total. The summed E-state index contributed by atoms with van der Waals surface area (Å²) < 4.78 is 1.75. The van der Waals surface area contributed by atoms with Gasteiger partial charge in [-0.15, -0.1) is 0 Å². The second-order valence-electron chi connectivity index (χ2n) is 9.16. The number of hydrogen-bond donors (Lipinski definition) is 3. The second-order valence-corrected chi connectivity index (χ2v) is 9.16. The molecule has 0 unspecified atom stereocenters. The summed E-state index contributed by atoms with van der Waals surface area (Å²) in [6, 6.07) is 10.9. The summed E-state index contributed by atoms with van der Waals surface area (Å²) in [5, 5.41) is 12.6. The SMILES string of the molecule is C=C(C=CC(=C[NH2+]O)c1cccc(-n2cc(C(=O)NC(C)C)c(=O)c3cccnc32)c1)CC(C)C. The van der Waals surface area contributed by atoms with E-state index >= 15 is 0 Å². The molecule has 0 fully saturated rings. The van der Waals surface area contributed by atoms with Crippen LogP contribution in [0.25, 0.3) is 22.3 Å². The van der Waals surface area contributed by atoms with Crippen LogP contribution in [0.5, 0.6) is 0 Å². The molecule has 0 saturated heterocycles. The van der Waals surface area contributed by atoms with Crippen molar-refractivity contribution in [2.45, 2.75) is 40.2 Å². The molecule has 0 spiro atoms. The summed E-state index contributed by atoms with van der Waals surface area (Å²) in [6.45, 7) is 12.1. The number of amides is 1. The first kappa shape index (κ1) is 25.8. The standard InChI is InChI=1S/C28H32N4O3/c1-18(2)14-20(5)11-12-22(16-30-35)21-8-6-9-23(15-21)32-17-25(28(34)31-19(3)4)26(33)24-10-7-13-29-27(24)32/h6-13,15-19,30,35H,5,14H2,1-4H3,(H,31,34)/p+1. The summed E-state index contributed by atoms with van der Waals surface area (Å²) in [4.78, 5) is 30.3. The lowest BCUT2D eigenvalue weighted by Gasteiger charge is -2.15. The third kappa shape index (κ3) is 6.41. The van der Waals surface area contributed by atoms with E-state index in [0.29, 0.717) is 17.0 Å². The van der Waals surface area contributed by atoms with Crippen LogP contribution in [-0.2, 0) is 0 Å². The van der Waals surface area contributed by atoms with Crippen LogP contribution in [0, 0.1) is 5.92 Å². The molecular formula is C28H33N4O3+. The molecule has 1 aromatic carbocycles. The number of benzene rings is 1. The summed E-state index contributed by atoms with van der Waals surface area (Å²) >= 11 is 0. The summed E-state index contributed by atoms with van der Waals surface area (Å²) in [7, 11) is 0. The molecule has 0 saturated carbocycles. The van der Waals surface area contributed by atoms with Gasteiger partial charge in [0.05, 0.1) is 5.39 Å². The number of nitrogens with one attached hydrogen (secondary N) is 1. The highest BCUT2D eigenvalue weighted by Crippen LogP contribution is 2.22. The molecule has 7 nitrogen and oxygen atoms in total. The van der Waals surface area contributed by atoms with Crippen molar-refractivity contribution in [1.82, 2.24) is 14.9 Å². The summed E-state index contributed by atoms with van der Waals surface area (Å²) in [5.41, 5.74) is 4.50. The molecule has 3 aromatic rings. The third-order valence-corrected chi connectivity index (χ3v) is 5.31. The van der Waals surface area contributed by atoms with E-state index in [0.717, 1.165) is 34.3 Å². The fourth-order valence-electron chi connectivity index (χ4n) is 3.82. The van der Waals surface area contributed by atoms with Gasteiger partial charge in [-0.2, -0.15) is 5.48 Å². The van der Waals surface area contributed by atoms with Gasteiger partial charge in [0.2, 0.25) is 5.43 Å². The average molecular weight is 474 g/mol. The molecule has 0 aliphatic carbocycles. The van der Waals surface area contributed by atoms with Gasteiger partial charge in [-0.1, -0.05) is 44.2 Å². The predicted octanol–water partition coefficient (Wildman–Crippen LogP) is 3.98. The van der Waals surface area contributed by atoms with E-state index in [1.54, 1.807) is 29.1 Å². The first-order valence-electron chi connectivity index (χ1n) is 11.7. The molecular weight excluding hydrogens is 440 g/mol. The van der Waals surface area contributed by atoms with Gasteiger partial charge in [0.25, 0.3) is 5.91 Å². The van der Waals surface area contributed by atoms with Gasteiger partial charge in [-0.25, -0.2) is 10.2 Å². The van der Waals surface area contributed by atoms with Crippen molar-refractivity contribution < 1.29 is 15.5 Å². The molecule has 0 atom stereocenters. The number of aromatic nitrogens is 2. The number of fused-ring (bicyclic) bond motifs is 1. The van der Waals surface area contributed by atoms with Crippen molar-refractivity contribution in [3.05, 3.63) is 101 Å². The molecule has 0 bridgehead atoms. The maximum atomic E-state index is 13.0. The van der Waals surface area contributed by atoms with Crippen LogP contribution in [0.2, 0.25) is 0 Å². The predicted molar refractivity (Wildman–Crippen MR) is 139 cm³/mol. The molecule has 0 aliphatic rings. The van der Waals surface area contributed by atoms with Crippen LogP contribution in [0.4, 0.5) is 0 Å². The molecule has 182 valence electrons. The second kappa shape index (κ2) is 11.6.